The number of fused-ring (bicyclic) bond motifs is 3. The predicted molar refractivity (Wildman–Crippen MR) is 135 cm³/mol. The van der Waals surface area contributed by atoms with Crippen LogP contribution in [0, 0.1) is 24.7 Å². The van der Waals surface area contributed by atoms with Crippen molar-refractivity contribution < 1.29 is 0 Å². The smallest absolute Gasteiger partial charge is 0.113 e. The first-order chi connectivity index (χ1) is 15.1. The molecular formula is C30H22Si. The van der Waals surface area contributed by atoms with Crippen LogP contribution in [-0.4, -0.2) is 8.07 Å². The molecule has 1 aliphatic heterocycles. The highest BCUT2D eigenvalue weighted by Gasteiger charge is 2.40. The van der Waals surface area contributed by atoms with Gasteiger partial charge in [0.25, 0.3) is 0 Å². The molecular weight excluding hydrogens is 388 g/mol. The molecule has 1 heteroatoms. The lowest BCUT2D eigenvalue weighted by molar-refractivity contribution is 1.57. The van der Waals surface area contributed by atoms with E-state index in [2.05, 4.69) is 85.6 Å². The average Bonchev–Trinajstić information content (AvgIpc) is 3.06. The Morgan fingerprint density at radius 1 is 0.516 bits per heavy atom. The Morgan fingerprint density at radius 2 is 0.903 bits per heavy atom. The van der Waals surface area contributed by atoms with E-state index in [-0.39, 0.29) is 0 Å². The predicted octanol–water partition coefficient (Wildman–Crippen LogP) is 5.79. The second kappa shape index (κ2) is 7.17. The van der Waals surface area contributed by atoms with Crippen LogP contribution in [0.1, 0.15) is 11.1 Å². The minimum atomic E-state index is -1.87. The van der Waals surface area contributed by atoms with Gasteiger partial charge in [0.15, 0.2) is 0 Å². The van der Waals surface area contributed by atoms with E-state index in [0.29, 0.717) is 0 Å². The molecule has 0 nitrogen and oxygen atoms in total. The van der Waals surface area contributed by atoms with Gasteiger partial charge in [-0.1, -0.05) is 97.7 Å². The summed E-state index contributed by atoms with van der Waals surface area (Å²) < 4.78 is 0. The zero-order valence-electron chi connectivity index (χ0n) is 17.7. The van der Waals surface area contributed by atoms with Crippen molar-refractivity contribution in [3.8, 4) is 58.1 Å². The van der Waals surface area contributed by atoms with Gasteiger partial charge in [0, 0.05) is 11.1 Å². The summed E-state index contributed by atoms with van der Waals surface area (Å²) in [6.45, 7) is 4.87. The monoisotopic (exact) mass is 410 g/mol. The van der Waals surface area contributed by atoms with E-state index in [0.717, 1.165) is 22.3 Å². The van der Waals surface area contributed by atoms with Gasteiger partial charge in [0.2, 0.25) is 0 Å². The van der Waals surface area contributed by atoms with E-state index >= 15 is 0 Å². The second-order valence-corrected chi connectivity index (χ2v) is 12.8. The Morgan fingerprint density at radius 3 is 1.32 bits per heavy atom. The van der Waals surface area contributed by atoms with Crippen LogP contribution in [-0.2, 0) is 0 Å². The van der Waals surface area contributed by atoms with Crippen molar-refractivity contribution in [2.75, 3.05) is 0 Å². The summed E-state index contributed by atoms with van der Waals surface area (Å²) in [6.07, 6.45) is 11.8. The van der Waals surface area contributed by atoms with E-state index in [4.69, 9.17) is 12.8 Å². The minimum Gasteiger partial charge on any atom is -0.115 e. The highest BCUT2D eigenvalue weighted by atomic mass is 28.3. The lowest BCUT2D eigenvalue weighted by atomic mass is 9.87. The molecule has 146 valence electrons. The maximum Gasteiger partial charge on any atom is 0.113 e. The molecule has 0 amide bonds. The Kier molecular flexibility index (Phi) is 4.44. The summed E-state index contributed by atoms with van der Waals surface area (Å²) in [5.74, 6) is 5.76. The fraction of sp³-hybridized carbons (Fsp3) is 0.0667. The van der Waals surface area contributed by atoms with Crippen LogP contribution < -0.4 is 10.4 Å². The molecule has 0 bridgehead atoms. The molecule has 0 radical (unpaired) electrons. The first-order valence-electron chi connectivity index (χ1n) is 10.5. The molecule has 0 N–H and O–H groups in total. The van der Waals surface area contributed by atoms with E-state index in [1.54, 1.807) is 0 Å². The van der Waals surface area contributed by atoms with E-state index < -0.39 is 8.07 Å². The van der Waals surface area contributed by atoms with Crippen molar-refractivity contribution in [1.82, 2.24) is 0 Å². The van der Waals surface area contributed by atoms with Crippen molar-refractivity contribution in [2.45, 2.75) is 13.1 Å². The third-order valence-electron chi connectivity index (χ3n) is 6.47. The number of hydrogen-bond donors (Lipinski definition) is 0. The van der Waals surface area contributed by atoms with Gasteiger partial charge in [0.05, 0.1) is 0 Å². The van der Waals surface area contributed by atoms with Crippen molar-refractivity contribution >= 4 is 18.4 Å². The highest BCUT2D eigenvalue weighted by Crippen LogP contribution is 2.42. The molecule has 31 heavy (non-hydrogen) atoms. The van der Waals surface area contributed by atoms with Crippen molar-refractivity contribution in [3.05, 3.63) is 96.1 Å². The third-order valence-corrected chi connectivity index (χ3v) is 10.00. The normalized spacial score (nSPS) is 13.0. The minimum absolute atomic E-state index is 0.922. The Balaban J connectivity index is 1.91. The van der Waals surface area contributed by atoms with Gasteiger partial charge >= 0.3 is 0 Å². The number of hydrogen-bond acceptors (Lipinski definition) is 0. The van der Waals surface area contributed by atoms with Crippen molar-refractivity contribution in [1.29, 1.82) is 0 Å². The SMILES string of the molecule is C#Cc1ccccc1-c1cccc2c1-c1c(-c3ccccc3C#C)cccc1[Si]2(C)C. The van der Waals surface area contributed by atoms with E-state index in [1.165, 1.54) is 32.6 Å². The molecule has 0 saturated heterocycles. The zero-order valence-corrected chi connectivity index (χ0v) is 18.7. The van der Waals surface area contributed by atoms with Gasteiger partial charge in [-0.15, -0.1) is 12.8 Å². The Hall–Kier alpha value is -3.78. The molecule has 5 rings (SSSR count). The molecule has 0 aromatic heterocycles. The van der Waals surface area contributed by atoms with Crippen LogP contribution >= 0.6 is 0 Å². The molecule has 4 aromatic rings. The maximum absolute atomic E-state index is 5.88. The van der Waals surface area contributed by atoms with Gasteiger partial charge in [-0.05, 0) is 55.9 Å². The number of benzene rings is 4. The van der Waals surface area contributed by atoms with Crippen LogP contribution in [0.5, 0.6) is 0 Å². The molecule has 0 aliphatic carbocycles. The van der Waals surface area contributed by atoms with Crippen LogP contribution in [0.15, 0.2) is 84.9 Å². The topological polar surface area (TPSA) is 0 Å². The van der Waals surface area contributed by atoms with Gasteiger partial charge in [-0.25, -0.2) is 0 Å². The summed E-state index contributed by atoms with van der Waals surface area (Å²) in [5.41, 5.74) is 9.11. The second-order valence-electron chi connectivity index (χ2n) is 8.46. The first-order valence-corrected chi connectivity index (χ1v) is 13.5. The lowest BCUT2D eigenvalue weighted by Crippen LogP contribution is -2.49. The molecule has 1 heterocycles. The molecule has 0 saturated carbocycles. The molecule has 0 unspecified atom stereocenters. The third kappa shape index (κ3) is 2.79. The quantitative estimate of drug-likeness (QED) is 0.290. The average molecular weight is 411 g/mol. The van der Waals surface area contributed by atoms with Gasteiger partial charge in [-0.3, -0.25) is 0 Å². The van der Waals surface area contributed by atoms with E-state index in [9.17, 15) is 0 Å². The highest BCUT2D eigenvalue weighted by molar-refractivity contribution is 7.04. The molecule has 0 atom stereocenters. The molecule has 0 spiro atoms. The summed E-state index contributed by atoms with van der Waals surface area (Å²) >= 11 is 0. The Bertz CT molecular complexity index is 1310. The maximum atomic E-state index is 5.88. The van der Waals surface area contributed by atoms with E-state index in [1.807, 2.05) is 24.3 Å². The first kappa shape index (κ1) is 19.2. The van der Waals surface area contributed by atoms with Crippen molar-refractivity contribution in [3.63, 3.8) is 0 Å². The van der Waals surface area contributed by atoms with Crippen molar-refractivity contribution in [2.24, 2.45) is 0 Å². The summed E-state index contributed by atoms with van der Waals surface area (Å²) in [5, 5.41) is 2.91. The van der Waals surface area contributed by atoms with Crippen LogP contribution in [0.3, 0.4) is 0 Å². The summed E-state index contributed by atoms with van der Waals surface area (Å²) in [4.78, 5) is 0. The fourth-order valence-electron chi connectivity index (χ4n) is 4.97. The molecule has 0 fully saturated rings. The van der Waals surface area contributed by atoms with Crippen LogP contribution in [0.2, 0.25) is 13.1 Å². The van der Waals surface area contributed by atoms with Gasteiger partial charge in [0.1, 0.15) is 8.07 Å². The number of terminal acetylenes is 2. The van der Waals surface area contributed by atoms with Gasteiger partial charge < -0.3 is 0 Å². The van der Waals surface area contributed by atoms with Crippen LogP contribution in [0.25, 0.3) is 33.4 Å². The Labute approximate surface area is 185 Å². The summed E-state index contributed by atoms with van der Waals surface area (Å²) in [6, 6.07) is 29.8. The number of rotatable bonds is 2. The fourth-order valence-corrected chi connectivity index (χ4v) is 8.05. The standard InChI is InChI=1S/C30H22Si/c1-5-21-13-7-9-15-23(21)25-17-11-19-27-29(25)30-26(18-12-20-28(30)31(27,3)4)24-16-10-8-14-22(24)6-2/h1-2,7-20H,3-4H3. The summed E-state index contributed by atoms with van der Waals surface area (Å²) in [7, 11) is -1.87. The van der Waals surface area contributed by atoms with Gasteiger partial charge in [-0.2, -0.15) is 0 Å². The molecule has 1 aliphatic rings. The largest absolute Gasteiger partial charge is 0.115 e. The molecule has 4 aromatic carbocycles. The van der Waals surface area contributed by atoms with Crippen LogP contribution in [0.4, 0.5) is 0 Å². The zero-order chi connectivity index (χ0) is 21.6. The lowest BCUT2D eigenvalue weighted by Gasteiger charge is -2.19.